The molecule has 2 N–H and O–H groups in total. The maximum Gasteiger partial charge on any atom is 0.0133 e. The van der Waals surface area contributed by atoms with Gasteiger partial charge >= 0.3 is 0 Å². The Bertz CT molecular complexity index is 141. The first-order valence-corrected chi connectivity index (χ1v) is 5.38. The second-order valence-electron chi connectivity index (χ2n) is 4.84. The average Bonchev–Trinajstić information content (AvgIpc) is 2.16. The van der Waals surface area contributed by atoms with Gasteiger partial charge in [0.1, 0.15) is 0 Å². The van der Waals surface area contributed by atoms with Crippen LogP contribution < -0.4 is 5.84 Å². The first-order chi connectivity index (χ1) is 6.20. The van der Waals surface area contributed by atoms with E-state index in [1.54, 1.807) is 0 Å². The summed E-state index contributed by atoms with van der Waals surface area (Å²) in [4.78, 5) is 2.44. The van der Waals surface area contributed by atoms with E-state index in [1.807, 2.05) is 5.01 Å². The lowest BCUT2D eigenvalue weighted by atomic mass is 9.71. The Labute approximate surface area is 80.8 Å². The number of nitrogens with two attached hydrogens (primary N) is 1. The predicted molar refractivity (Wildman–Crippen MR) is 54.2 cm³/mol. The zero-order valence-electron chi connectivity index (χ0n) is 8.63. The predicted octanol–water partition coefficient (Wildman–Crippen LogP) is 0.668. The molecule has 0 unspecified atom stereocenters. The maximum atomic E-state index is 5.77. The molecular weight excluding hydrogens is 162 g/mol. The Morgan fingerprint density at radius 2 is 1.38 bits per heavy atom. The number of rotatable bonds is 0. The van der Waals surface area contributed by atoms with Crippen LogP contribution in [0.1, 0.15) is 25.7 Å². The molecule has 0 bridgehead atoms. The van der Waals surface area contributed by atoms with Crippen molar-refractivity contribution in [1.29, 1.82) is 0 Å². The molecule has 76 valence electrons. The monoisotopic (exact) mass is 183 g/mol. The van der Waals surface area contributed by atoms with Gasteiger partial charge in [-0.05, 0) is 51.2 Å². The molecule has 3 heteroatoms. The number of piperidine rings is 2. The van der Waals surface area contributed by atoms with Crippen molar-refractivity contribution >= 4 is 0 Å². The van der Waals surface area contributed by atoms with Crippen LogP contribution in [-0.4, -0.2) is 43.1 Å². The van der Waals surface area contributed by atoms with Crippen molar-refractivity contribution in [3.63, 3.8) is 0 Å². The quantitative estimate of drug-likeness (QED) is 0.560. The molecule has 2 aliphatic heterocycles. The van der Waals surface area contributed by atoms with E-state index >= 15 is 0 Å². The molecule has 0 saturated carbocycles. The fraction of sp³-hybridized carbons (Fsp3) is 1.00. The molecule has 3 nitrogen and oxygen atoms in total. The highest BCUT2D eigenvalue weighted by atomic mass is 15.4. The Kier molecular flexibility index (Phi) is 2.58. The lowest BCUT2D eigenvalue weighted by Gasteiger charge is -2.45. The molecule has 1 spiro atoms. The van der Waals surface area contributed by atoms with Crippen molar-refractivity contribution in [2.45, 2.75) is 25.7 Å². The SMILES string of the molecule is CN1CCC2(CC1)CCN(N)CC2. The van der Waals surface area contributed by atoms with Gasteiger partial charge in [-0.3, -0.25) is 5.84 Å². The van der Waals surface area contributed by atoms with Crippen LogP contribution in [0.25, 0.3) is 0 Å². The summed E-state index contributed by atoms with van der Waals surface area (Å²) < 4.78 is 0. The second-order valence-corrected chi connectivity index (χ2v) is 4.84. The summed E-state index contributed by atoms with van der Waals surface area (Å²) in [6, 6.07) is 0. The van der Waals surface area contributed by atoms with Crippen molar-refractivity contribution in [2.24, 2.45) is 11.3 Å². The van der Waals surface area contributed by atoms with Gasteiger partial charge in [0.05, 0.1) is 0 Å². The molecule has 0 aliphatic carbocycles. The highest BCUT2D eigenvalue weighted by Crippen LogP contribution is 2.40. The molecule has 2 heterocycles. The fourth-order valence-corrected chi connectivity index (χ4v) is 2.59. The van der Waals surface area contributed by atoms with E-state index in [-0.39, 0.29) is 0 Å². The van der Waals surface area contributed by atoms with Gasteiger partial charge in [0, 0.05) is 13.1 Å². The molecule has 0 atom stereocenters. The van der Waals surface area contributed by atoms with Gasteiger partial charge in [-0.15, -0.1) is 0 Å². The van der Waals surface area contributed by atoms with Crippen molar-refractivity contribution < 1.29 is 0 Å². The minimum Gasteiger partial charge on any atom is -0.306 e. The summed E-state index contributed by atoms with van der Waals surface area (Å²) in [5.41, 5.74) is 0.655. The largest absolute Gasteiger partial charge is 0.306 e. The van der Waals surface area contributed by atoms with E-state index < -0.39 is 0 Å². The molecule has 0 radical (unpaired) electrons. The number of nitrogens with zero attached hydrogens (tertiary/aromatic N) is 2. The minimum atomic E-state index is 0.655. The number of likely N-dealkylation sites (tertiary alicyclic amines) is 1. The van der Waals surface area contributed by atoms with E-state index in [1.165, 1.54) is 38.8 Å². The standard InChI is InChI=1S/C10H21N3/c1-12-6-2-10(3-7-12)4-8-13(11)9-5-10/h2-9,11H2,1H3. The molecule has 2 rings (SSSR count). The molecule has 13 heavy (non-hydrogen) atoms. The van der Waals surface area contributed by atoms with Gasteiger partial charge in [-0.1, -0.05) is 0 Å². The molecular formula is C10H21N3. The number of hydrogen-bond donors (Lipinski definition) is 1. The van der Waals surface area contributed by atoms with Gasteiger partial charge in [0.2, 0.25) is 0 Å². The van der Waals surface area contributed by atoms with Crippen LogP contribution in [0.4, 0.5) is 0 Å². The van der Waals surface area contributed by atoms with Crippen LogP contribution in [0, 0.1) is 5.41 Å². The van der Waals surface area contributed by atoms with Crippen LogP contribution in [0.2, 0.25) is 0 Å². The van der Waals surface area contributed by atoms with Gasteiger partial charge in [0.25, 0.3) is 0 Å². The molecule has 0 amide bonds. The van der Waals surface area contributed by atoms with Crippen molar-refractivity contribution in [3.8, 4) is 0 Å². The molecule has 0 aromatic heterocycles. The minimum absolute atomic E-state index is 0.655. The molecule has 2 saturated heterocycles. The normalized spacial score (nSPS) is 30.9. The molecule has 0 aromatic rings. The van der Waals surface area contributed by atoms with Crippen LogP contribution in [0.3, 0.4) is 0 Å². The fourth-order valence-electron chi connectivity index (χ4n) is 2.59. The van der Waals surface area contributed by atoms with Gasteiger partial charge in [0.15, 0.2) is 0 Å². The number of hydrogen-bond acceptors (Lipinski definition) is 3. The highest BCUT2D eigenvalue weighted by molar-refractivity contribution is 4.88. The third kappa shape index (κ3) is 2.03. The molecule has 2 aliphatic rings. The summed E-state index contributed by atoms with van der Waals surface area (Å²) in [7, 11) is 2.23. The topological polar surface area (TPSA) is 32.5 Å². The third-order valence-electron chi connectivity index (χ3n) is 3.91. The third-order valence-corrected chi connectivity index (χ3v) is 3.91. The van der Waals surface area contributed by atoms with Crippen LogP contribution >= 0.6 is 0 Å². The Morgan fingerprint density at radius 1 is 0.923 bits per heavy atom. The van der Waals surface area contributed by atoms with Gasteiger partial charge in [-0.2, -0.15) is 0 Å². The lowest BCUT2D eigenvalue weighted by Crippen LogP contribution is -2.47. The van der Waals surface area contributed by atoms with E-state index in [0.717, 1.165) is 13.1 Å². The van der Waals surface area contributed by atoms with Crippen molar-refractivity contribution in [3.05, 3.63) is 0 Å². The van der Waals surface area contributed by atoms with E-state index in [9.17, 15) is 0 Å². The Hall–Kier alpha value is -0.120. The molecule has 0 aromatic carbocycles. The van der Waals surface area contributed by atoms with Crippen LogP contribution in [-0.2, 0) is 0 Å². The Morgan fingerprint density at radius 3 is 1.92 bits per heavy atom. The number of hydrazine groups is 1. The lowest BCUT2D eigenvalue weighted by molar-refractivity contribution is 0.0428. The summed E-state index contributed by atoms with van der Waals surface area (Å²) in [6.45, 7) is 4.77. The summed E-state index contributed by atoms with van der Waals surface area (Å²) in [5, 5.41) is 1.98. The smallest absolute Gasteiger partial charge is 0.0133 e. The Balaban J connectivity index is 1.90. The summed E-state index contributed by atoms with van der Waals surface area (Å²) in [6.07, 6.45) is 5.41. The second kappa shape index (κ2) is 3.56. The average molecular weight is 183 g/mol. The summed E-state index contributed by atoms with van der Waals surface area (Å²) in [5.74, 6) is 5.77. The first-order valence-electron chi connectivity index (χ1n) is 5.38. The van der Waals surface area contributed by atoms with Gasteiger partial charge in [-0.25, -0.2) is 5.01 Å². The van der Waals surface area contributed by atoms with E-state index in [0.29, 0.717) is 5.41 Å². The first kappa shape index (κ1) is 9.44. The van der Waals surface area contributed by atoms with Crippen molar-refractivity contribution in [2.75, 3.05) is 33.2 Å². The van der Waals surface area contributed by atoms with Crippen LogP contribution in [0.5, 0.6) is 0 Å². The van der Waals surface area contributed by atoms with Gasteiger partial charge < -0.3 is 4.90 Å². The van der Waals surface area contributed by atoms with Crippen molar-refractivity contribution in [1.82, 2.24) is 9.91 Å². The zero-order valence-corrected chi connectivity index (χ0v) is 8.63. The van der Waals surface area contributed by atoms with Crippen LogP contribution in [0.15, 0.2) is 0 Å². The highest BCUT2D eigenvalue weighted by Gasteiger charge is 2.35. The maximum absolute atomic E-state index is 5.77. The van der Waals surface area contributed by atoms with E-state index in [4.69, 9.17) is 5.84 Å². The summed E-state index contributed by atoms with van der Waals surface area (Å²) >= 11 is 0. The molecule has 2 fully saturated rings. The van der Waals surface area contributed by atoms with E-state index in [2.05, 4.69) is 11.9 Å². The zero-order chi connectivity index (χ0) is 9.31.